The SMILES string of the molecule is Cc1cc(=O)oc2cc(OCC(=O)Nc3cc(Cl)ccc3C#N)ccc12. The Hall–Kier alpha value is -3.30. The Morgan fingerprint density at radius 2 is 2.08 bits per heavy atom. The Balaban J connectivity index is 1.72. The molecule has 7 heteroatoms. The normalized spacial score (nSPS) is 10.3. The van der Waals surface area contributed by atoms with Gasteiger partial charge in [-0.15, -0.1) is 0 Å². The van der Waals surface area contributed by atoms with Gasteiger partial charge in [0.1, 0.15) is 17.4 Å². The van der Waals surface area contributed by atoms with Crippen LogP contribution in [-0.2, 0) is 4.79 Å². The number of nitriles is 1. The van der Waals surface area contributed by atoms with Crippen molar-refractivity contribution in [2.24, 2.45) is 0 Å². The van der Waals surface area contributed by atoms with E-state index in [4.69, 9.17) is 26.0 Å². The molecule has 0 atom stereocenters. The maximum atomic E-state index is 12.1. The van der Waals surface area contributed by atoms with E-state index in [1.165, 1.54) is 18.2 Å². The predicted molar refractivity (Wildman–Crippen MR) is 97.5 cm³/mol. The third kappa shape index (κ3) is 3.85. The van der Waals surface area contributed by atoms with Crippen molar-refractivity contribution in [2.45, 2.75) is 6.92 Å². The molecule has 2 aromatic carbocycles. The summed E-state index contributed by atoms with van der Waals surface area (Å²) < 4.78 is 10.6. The fraction of sp³-hybridized carbons (Fsp3) is 0.105. The summed E-state index contributed by atoms with van der Waals surface area (Å²) in [5.74, 6) is -0.0671. The molecule has 0 fully saturated rings. The van der Waals surface area contributed by atoms with E-state index in [1.807, 2.05) is 13.0 Å². The van der Waals surface area contributed by atoms with Crippen molar-refractivity contribution in [3.8, 4) is 11.8 Å². The average Bonchev–Trinajstić information content (AvgIpc) is 2.59. The summed E-state index contributed by atoms with van der Waals surface area (Å²) in [6.45, 7) is 1.53. The van der Waals surface area contributed by atoms with Gasteiger partial charge in [0.05, 0.1) is 11.3 Å². The summed E-state index contributed by atoms with van der Waals surface area (Å²) in [6, 6.07) is 13.0. The van der Waals surface area contributed by atoms with E-state index in [1.54, 1.807) is 24.3 Å². The van der Waals surface area contributed by atoms with Gasteiger partial charge in [-0.05, 0) is 42.8 Å². The van der Waals surface area contributed by atoms with Gasteiger partial charge in [-0.25, -0.2) is 4.79 Å². The van der Waals surface area contributed by atoms with Crippen molar-refractivity contribution < 1.29 is 13.9 Å². The Bertz CT molecular complexity index is 1100. The molecule has 0 saturated heterocycles. The molecule has 0 unspecified atom stereocenters. The van der Waals surface area contributed by atoms with Crippen molar-refractivity contribution >= 4 is 34.2 Å². The number of benzene rings is 2. The van der Waals surface area contributed by atoms with Crippen LogP contribution in [0.15, 0.2) is 51.7 Å². The third-order valence-corrected chi connectivity index (χ3v) is 3.90. The number of aryl methyl sites for hydroxylation is 1. The van der Waals surface area contributed by atoms with Gasteiger partial charge in [-0.1, -0.05) is 11.6 Å². The molecule has 0 aliphatic rings. The molecule has 1 heterocycles. The van der Waals surface area contributed by atoms with Gasteiger partial charge in [0.25, 0.3) is 5.91 Å². The minimum atomic E-state index is -0.449. The van der Waals surface area contributed by atoms with Crippen molar-refractivity contribution in [1.29, 1.82) is 5.26 Å². The molecule has 0 spiro atoms. The number of fused-ring (bicyclic) bond motifs is 1. The van der Waals surface area contributed by atoms with Gasteiger partial charge in [0, 0.05) is 22.5 Å². The number of halogens is 1. The molecule has 6 nitrogen and oxygen atoms in total. The minimum Gasteiger partial charge on any atom is -0.484 e. The molecule has 1 amide bonds. The van der Waals surface area contributed by atoms with Crippen molar-refractivity contribution in [3.05, 3.63) is 69.0 Å². The lowest BCUT2D eigenvalue weighted by Crippen LogP contribution is -2.20. The number of nitrogens with zero attached hydrogens (tertiary/aromatic N) is 1. The summed E-state index contributed by atoms with van der Waals surface area (Å²) in [7, 11) is 0. The zero-order chi connectivity index (χ0) is 18.7. The molecule has 26 heavy (non-hydrogen) atoms. The third-order valence-electron chi connectivity index (χ3n) is 3.67. The van der Waals surface area contributed by atoms with Crippen LogP contribution in [0.4, 0.5) is 5.69 Å². The van der Waals surface area contributed by atoms with Crippen molar-refractivity contribution in [2.75, 3.05) is 11.9 Å². The van der Waals surface area contributed by atoms with E-state index < -0.39 is 11.5 Å². The zero-order valence-corrected chi connectivity index (χ0v) is 14.5. The van der Waals surface area contributed by atoms with E-state index in [-0.39, 0.29) is 6.61 Å². The molecule has 130 valence electrons. The molecule has 1 N–H and O–H groups in total. The fourth-order valence-electron chi connectivity index (χ4n) is 2.45. The summed E-state index contributed by atoms with van der Waals surface area (Å²) in [4.78, 5) is 23.5. The monoisotopic (exact) mass is 368 g/mol. The highest BCUT2D eigenvalue weighted by Gasteiger charge is 2.10. The first-order valence-electron chi connectivity index (χ1n) is 7.63. The average molecular weight is 369 g/mol. The maximum Gasteiger partial charge on any atom is 0.336 e. The number of anilines is 1. The van der Waals surface area contributed by atoms with Gasteiger partial charge in [0.15, 0.2) is 6.61 Å². The van der Waals surface area contributed by atoms with Crippen LogP contribution in [-0.4, -0.2) is 12.5 Å². The highest BCUT2D eigenvalue weighted by molar-refractivity contribution is 6.31. The van der Waals surface area contributed by atoms with Gasteiger partial charge < -0.3 is 14.5 Å². The fourth-order valence-corrected chi connectivity index (χ4v) is 2.62. The number of rotatable bonds is 4. The topological polar surface area (TPSA) is 92.3 Å². The summed E-state index contributed by atoms with van der Waals surface area (Å²) in [6.07, 6.45) is 0. The Labute approximate surface area is 153 Å². The molecule has 1 aromatic heterocycles. The van der Waals surface area contributed by atoms with Crippen LogP contribution < -0.4 is 15.7 Å². The van der Waals surface area contributed by atoms with Crippen LogP contribution in [0.3, 0.4) is 0 Å². The minimum absolute atomic E-state index is 0.279. The van der Waals surface area contributed by atoms with Crippen molar-refractivity contribution in [1.82, 2.24) is 0 Å². The number of nitrogens with one attached hydrogen (secondary N) is 1. The second-order valence-corrected chi connectivity index (χ2v) is 5.98. The van der Waals surface area contributed by atoms with Crippen LogP contribution in [0.5, 0.6) is 5.75 Å². The van der Waals surface area contributed by atoms with Gasteiger partial charge in [-0.2, -0.15) is 5.26 Å². The van der Waals surface area contributed by atoms with Crippen LogP contribution in [0.25, 0.3) is 11.0 Å². The lowest BCUT2D eigenvalue weighted by molar-refractivity contribution is -0.118. The van der Waals surface area contributed by atoms with E-state index >= 15 is 0 Å². The molecule has 3 aromatic rings. The van der Waals surface area contributed by atoms with Gasteiger partial charge in [-0.3, -0.25) is 4.79 Å². The summed E-state index contributed by atoms with van der Waals surface area (Å²) in [5.41, 5.74) is 1.34. The first-order valence-corrected chi connectivity index (χ1v) is 8.01. The van der Waals surface area contributed by atoms with Crippen molar-refractivity contribution in [3.63, 3.8) is 0 Å². The van der Waals surface area contributed by atoms with E-state index in [0.717, 1.165) is 10.9 Å². The van der Waals surface area contributed by atoms with Crippen LogP contribution in [0.1, 0.15) is 11.1 Å². The molecular weight excluding hydrogens is 356 g/mol. The Morgan fingerprint density at radius 3 is 2.85 bits per heavy atom. The molecule has 0 radical (unpaired) electrons. The molecular formula is C19H13ClN2O4. The van der Waals surface area contributed by atoms with Crippen LogP contribution in [0, 0.1) is 18.3 Å². The van der Waals surface area contributed by atoms with E-state index in [9.17, 15) is 9.59 Å². The molecule has 3 rings (SSSR count). The summed E-state index contributed by atoms with van der Waals surface area (Å²) in [5, 5.41) is 12.8. The highest BCUT2D eigenvalue weighted by Crippen LogP contribution is 2.23. The lowest BCUT2D eigenvalue weighted by Gasteiger charge is -2.09. The van der Waals surface area contributed by atoms with Gasteiger partial charge >= 0.3 is 5.63 Å². The van der Waals surface area contributed by atoms with Crippen LogP contribution >= 0.6 is 11.6 Å². The number of amides is 1. The number of hydrogen-bond acceptors (Lipinski definition) is 5. The molecule has 0 bridgehead atoms. The second-order valence-electron chi connectivity index (χ2n) is 5.54. The standard InChI is InChI=1S/C19H13ClN2O4/c1-11-6-19(24)26-17-8-14(4-5-15(11)17)25-10-18(23)22-16-7-13(20)3-2-12(16)9-21/h2-8H,10H2,1H3,(H,22,23). The number of ether oxygens (including phenoxy) is 1. The number of carbonyl (C=O) groups is 1. The Kier molecular flexibility index (Phi) is 4.92. The molecule has 0 saturated carbocycles. The van der Waals surface area contributed by atoms with E-state index in [0.29, 0.717) is 27.6 Å². The predicted octanol–water partition coefficient (Wildman–Crippen LogP) is 3.64. The largest absolute Gasteiger partial charge is 0.484 e. The Morgan fingerprint density at radius 1 is 1.27 bits per heavy atom. The second kappa shape index (κ2) is 7.30. The zero-order valence-electron chi connectivity index (χ0n) is 13.7. The smallest absolute Gasteiger partial charge is 0.336 e. The first-order chi connectivity index (χ1) is 12.5. The highest BCUT2D eigenvalue weighted by atomic mass is 35.5. The maximum absolute atomic E-state index is 12.1. The quantitative estimate of drug-likeness (QED) is 0.709. The molecule has 0 aliphatic heterocycles. The van der Waals surface area contributed by atoms with Gasteiger partial charge in [0.2, 0.25) is 0 Å². The van der Waals surface area contributed by atoms with Crippen LogP contribution in [0.2, 0.25) is 5.02 Å². The lowest BCUT2D eigenvalue weighted by atomic mass is 10.1. The van der Waals surface area contributed by atoms with E-state index in [2.05, 4.69) is 5.32 Å². The molecule has 0 aliphatic carbocycles. The first kappa shape index (κ1) is 17.5. The number of carbonyl (C=O) groups excluding carboxylic acids is 1. The summed E-state index contributed by atoms with van der Waals surface area (Å²) >= 11 is 5.88. The number of hydrogen-bond donors (Lipinski definition) is 1.